The Hall–Kier alpha value is -0.683. The van der Waals surface area contributed by atoms with E-state index in [0.29, 0.717) is 12.8 Å². The van der Waals surface area contributed by atoms with E-state index < -0.39 is 20.0 Å². The Balaban J connectivity index is 2.90. The fraction of sp³-hybridized carbons (Fsp3) is 0.846. The monoisotopic (exact) mass is 272 g/mol. The van der Waals surface area contributed by atoms with Crippen LogP contribution in [0.5, 0.6) is 0 Å². The van der Waals surface area contributed by atoms with Gasteiger partial charge in [0.2, 0.25) is 0 Å². The molecular weight excluding hydrogens is 248 g/mol. The molecule has 104 valence electrons. The Morgan fingerprint density at radius 3 is 2.22 bits per heavy atom. The highest BCUT2D eigenvalue weighted by Gasteiger charge is 2.49. The highest BCUT2D eigenvalue weighted by Crippen LogP contribution is 2.40. The van der Waals surface area contributed by atoms with Gasteiger partial charge in [0.1, 0.15) is 11.7 Å². The summed E-state index contributed by atoms with van der Waals surface area (Å²) in [5, 5.41) is 0.0138. The molecule has 1 saturated heterocycles. The number of cyclic esters (lactones) is 1. The largest absolute Gasteiger partial charge is 0.459 e. The third kappa shape index (κ3) is 3.01. The van der Waals surface area contributed by atoms with Gasteiger partial charge in [-0.2, -0.15) is 0 Å². The Morgan fingerprint density at radius 1 is 1.33 bits per heavy atom. The van der Waals surface area contributed by atoms with E-state index in [2.05, 4.69) is 33.9 Å². The SMILES string of the molecule is CC(C)(C)[Si](C)(C)O[C@@](C)(C=O)[C@H]1CCC(=O)O1. The van der Waals surface area contributed by atoms with E-state index in [4.69, 9.17) is 9.16 Å². The molecule has 5 heteroatoms. The minimum atomic E-state index is -2.07. The molecule has 0 aromatic carbocycles. The van der Waals surface area contributed by atoms with E-state index in [-0.39, 0.29) is 11.0 Å². The van der Waals surface area contributed by atoms with Crippen LogP contribution in [0.15, 0.2) is 0 Å². The molecule has 0 aliphatic carbocycles. The van der Waals surface area contributed by atoms with Crippen LogP contribution in [-0.2, 0) is 18.8 Å². The van der Waals surface area contributed by atoms with Crippen molar-refractivity contribution in [1.29, 1.82) is 0 Å². The molecule has 0 saturated carbocycles. The van der Waals surface area contributed by atoms with Gasteiger partial charge < -0.3 is 14.0 Å². The fourth-order valence-electron chi connectivity index (χ4n) is 1.80. The maximum atomic E-state index is 11.4. The molecule has 0 bridgehead atoms. The summed E-state index contributed by atoms with van der Waals surface area (Å²) in [5.41, 5.74) is -1.02. The van der Waals surface area contributed by atoms with E-state index in [0.717, 1.165) is 6.29 Å². The number of esters is 1. The zero-order valence-corrected chi connectivity index (χ0v) is 13.2. The summed E-state index contributed by atoms with van der Waals surface area (Å²) in [6.45, 7) is 12.3. The Kier molecular flexibility index (Phi) is 4.08. The second kappa shape index (κ2) is 4.77. The molecule has 0 amide bonds. The first-order valence-corrected chi connectivity index (χ1v) is 9.29. The van der Waals surface area contributed by atoms with Crippen molar-refractivity contribution in [1.82, 2.24) is 0 Å². The zero-order valence-electron chi connectivity index (χ0n) is 12.2. The van der Waals surface area contributed by atoms with Crippen LogP contribution < -0.4 is 0 Å². The van der Waals surface area contributed by atoms with Crippen molar-refractivity contribution in [2.45, 2.75) is 70.4 Å². The first kappa shape index (κ1) is 15.4. The van der Waals surface area contributed by atoms with Gasteiger partial charge in [0.25, 0.3) is 0 Å². The normalized spacial score (nSPS) is 24.6. The number of hydrogen-bond acceptors (Lipinski definition) is 4. The van der Waals surface area contributed by atoms with Gasteiger partial charge in [0.05, 0.1) is 0 Å². The first-order valence-electron chi connectivity index (χ1n) is 6.38. The number of carbonyl (C=O) groups is 2. The quantitative estimate of drug-likeness (QED) is 0.448. The lowest BCUT2D eigenvalue weighted by Crippen LogP contribution is -2.54. The Morgan fingerprint density at radius 2 is 1.89 bits per heavy atom. The number of rotatable bonds is 4. The minimum absolute atomic E-state index is 0.0138. The van der Waals surface area contributed by atoms with Gasteiger partial charge in [0, 0.05) is 6.42 Å². The maximum Gasteiger partial charge on any atom is 0.306 e. The molecule has 1 heterocycles. The molecule has 0 radical (unpaired) electrons. The van der Waals surface area contributed by atoms with E-state index >= 15 is 0 Å². The van der Waals surface area contributed by atoms with Crippen LogP contribution in [0.25, 0.3) is 0 Å². The summed E-state index contributed by atoms with van der Waals surface area (Å²) in [7, 11) is -2.07. The lowest BCUT2D eigenvalue weighted by molar-refractivity contribution is -0.152. The molecule has 0 N–H and O–H groups in total. The number of aldehydes is 1. The molecule has 1 aliphatic rings. The van der Waals surface area contributed by atoms with Crippen LogP contribution in [0.4, 0.5) is 0 Å². The van der Waals surface area contributed by atoms with Crippen LogP contribution in [0.1, 0.15) is 40.5 Å². The van der Waals surface area contributed by atoms with Crippen LogP contribution in [0.2, 0.25) is 18.1 Å². The van der Waals surface area contributed by atoms with Crippen LogP contribution in [0, 0.1) is 0 Å². The van der Waals surface area contributed by atoms with Crippen molar-refractivity contribution in [3.63, 3.8) is 0 Å². The van der Waals surface area contributed by atoms with E-state index in [1.54, 1.807) is 6.92 Å². The lowest BCUT2D eigenvalue weighted by atomic mass is 9.99. The highest BCUT2D eigenvalue weighted by molar-refractivity contribution is 6.74. The molecule has 18 heavy (non-hydrogen) atoms. The third-order valence-electron chi connectivity index (χ3n) is 4.04. The standard InChI is InChI=1S/C13H24O4Si/c1-12(2,3)18(5,6)17-13(4,9-14)10-7-8-11(15)16-10/h9-10H,7-8H2,1-6H3/t10-,13+/m1/s1. The molecule has 0 aromatic rings. The Labute approximate surface area is 110 Å². The van der Waals surface area contributed by atoms with Crippen LogP contribution >= 0.6 is 0 Å². The number of hydrogen-bond donors (Lipinski definition) is 0. The molecule has 1 rings (SSSR count). The number of carbonyl (C=O) groups excluding carboxylic acids is 2. The molecule has 4 nitrogen and oxygen atoms in total. The van der Waals surface area contributed by atoms with Crippen LogP contribution in [0.3, 0.4) is 0 Å². The summed E-state index contributed by atoms with van der Waals surface area (Å²) in [5.74, 6) is -0.244. The lowest BCUT2D eigenvalue weighted by Gasteiger charge is -2.43. The van der Waals surface area contributed by atoms with Crippen molar-refractivity contribution in [3.05, 3.63) is 0 Å². The molecule has 2 atom stereocenters. The van der Waals surface area contributed by atoms with Gasteiger partial charge in [-0.05, 0) is 31.5 Å². The van der Waals surface area contributed by atoms with Crippen molar-refractivity contribution in [3.8, 4) is 0 Å². The minimum Gasteiger partial charge on any atom is -0.459 e. The summed E-state index contributed by atoms with van der Waals surface area (Å²) < 4.78 is 11.4. The van der Waals surface area contributed by atoms with E-state index in [1.807, 2.05) is 0 Å². The highest BCUT2D eigenvalue weighted by atomic mass is 28.4. The summed E-state index contributed by atoms with van der Waals surface area (Å²) in [4.78, 5) is 22.6. The molecular formula is C13H24O4Si. The van der Waals surface area contributed by atoms with Gasteiger partial charge >= 0.3 is 5.97 Å². The third-order valence-corrected chi connectivity index (χ3v) is 8.60. The predicted molar refractivity (Wildman–Crippen MR) is 71.9 cm³/mol. The van der Waals surface area contributed by atoms with Gasteiger partial charge in [-0.3, -0.25) is 4.79 Å². The smallest absolute Gasteiger partial charge is 0.306 e. The average Bonchev–Trinajstić information content (AvgIpc) is 2.63. The van der Waals surface area contributed by atoms with Crippen molar-refractivity contribution in [2.24, 2.45) is 0 Å². The van der Waals surface area contributed by atoms with E-state index in [1.165, 1.54) is 0 Å². The van der Waals surface area contributed by atoms with Crippen molar-refractivity contribution in [2.75, 3.05) is 0 Å². The van der Waals surface area contributed by atoms with Crippen LogP contribution in [-0.4, -0.2) is 32.3 Å². The second-order valence-electron chi connectivity index (χ2n) is 6.68. The maximum absolute atomic E-state index is 11.4. The topological polar surface area (TPSA) is 52.6 Å². The van der Waals surface area contributed by atoms with Gasteiger partial charge in [-0.1, -0.05) is 20.8 Å². The molecule has 0 aromatic heterocycles. The molecule has 0 spiro atoms. The molecule has 0 unspecified atom stereocenters. The summed E-state index contributed by atoms with van der Waals surface area (Å²) in [6.07, 6.45) is 1.27. The second-order valence-corrected chi connectivity index (χ2v) is 11.4. The number of ether oxygens (including phenoxy) is 1. The predicted octanol–water partition coefficient (Wildman–Crippen LogP) is 2.67. The molecule has 1 fully saturated rings. The first-order chi connectivity index (χ1) is 8.02. The van der Waals surface area contributed by atoms with Gasteiger partial charge in [-0.25, -0.2) is 0 Å². The Bertz CT molecular complexity index is 345. The summed E-state index contributed by atoms with van der Waals surface area (Å²) in [6, 6.07) is 0. The van der Waals surface area contributed by atoms with Gasteiger partial charge in [0.15, 0.2) is 14.6 Å². The fourth-order valence-corrected chi connectivity index (χ4v) is 3.38. The summed E-state index contributed by atoms with van der Waals surface area (Å²) >= 11 is 0. The zero-order chi connectivity index (χ0) is 14.2. The van der Waals surface area contributed by atoms with E-state index in [9.17, 15) is 9.59 Å². The van der Waals surface area contributed by atoms with Crippen molar-refractivity contribution < 1.29 is 18.8 Å². The van der Waals surface area contributed by atoms with Crippen molar-refractivity contribution >= 4 is 20.6 Å². The van der Waals surface area contributed by atoms with Gasteiger partial charge in [-0.15, -0.1) is 0 Å². The molecule has 1 aliphatic heterocycles. The average molecular weight is 272 g/mol.